The van der Waals surface area contributed by atoms with Crippen molar-refractivity contribution in [3.63, 3.8) is 0 Å². The first-order valence-corrected chi connectivity index (χ1v) is 9.20. The molecular formula is C16H21N5O3S. The van der Waals surface area contributed by atoms with Gasteiger partial charge in [0.05, 0.1) is 11.5 Å². The average Bonchev–Trinajstić information content (AvgIpc) is 3.24. The predicted octanol–water partition coefficient (Wildman–Crippen LogP) is 2.72. The third-order valence-corrected chi connectivity index (χ3v) is 5.30. The summed E-state index contributed by atoms with van der Waals surface area (Å²) in [5.41, 5.74) is 5.01. The maximum absolute atomic E-state index is 12.0. The molecule has 0 aromatic carbocycles. The van der Waals surface area contributed by atoms with Gasteiger partial charge in [-0.05, 0) is 31.9 Å². The van der Waals surface area contributed by atoms with E-state index < -0.39 is 17.2 Å². The molecule has 1 atom stereocenters. The number of hydrogen-bond donors (Lipinski definition) is 2. The number of hydrogen-bond acceptors (Lipinski definition) is 6. The Morgan fingerprint density at radius 3 is 2.76 bits per heavy atom. The molecule has 8 nitrogen and oxygen atoms in total. The van der Waals surface area contributed by atoms with Crippen molar-refractivity contribution in [3.8, 4) is 11.6 Å². The molecule has 0 unspecified atom stereocenters. The van der Waals surface area contributed by atoms with Gasteiger partial charge in [0.2, 0.25) is 11.7 Å². The Morgan fingerprint density at radius 1 is 1.36 bits per heavy atom. The van der Waals surface area contributed by atoms with Crippen molar-refractivity contribution in [2.75, 3.05) is 0 Å². The fourth-order valence-electron chi connectivity index (χ4n) is 3.03. The van der Waals surface area contributed by atoms with Crippen LogP contribution < -0.4 is 11.1 Å². The fourth-order valence-corrected chi connectivity index (χ4v) is 3.95. The molecule has 3 amide bonds. The van der Waals surface area contributed by atoms with Crippen LogP contribution in [-0.2, 0) is 4.79 Å². The molecule has 0 saturated heterocycles. The zero-order chi connectivity index (χ0) is 17.8. The minimum atomic E-state index is -0.859. The van der Waals surface area contributed by atoms with Crippen LogP contribution in [0, 0.1) is 0 Å². The molecule has 2 aromatic rings. The monoisotopic (exact) mass is 363 g/mol. The predicted molar refractivity (Wildman–Crippen MR) is 92.9 cm³/mol. The number of thioether (sulfide) groups is 1. The first kappa shape index (κ1) is 17.5. The van der Waals surface area contributed by atoms with Gasteiger partial charge in [0.25, 0.3) is 0 Å². The highest BCUT2D eigenvalue weighted by Gasteiger charge is 2.27. The molecule has 9 heteroatoms. The van der Waals surface area contributed by atoms with Gasteiger partial charge < -0.3 is 10.2 Å². The van der Waals surface area contributed by atoms with Crippen molar-refractivity contribution in [2.45, 2.75) is 55.5 Å². The summed E-state index contributed by atoms with van der Waals surface area (Å²) in [5, 5.41) is 10.8. The number of nitrogens with one attached hydrogen (secondary N) is 1. The van der Waals surface area contributed by atoms with Gasteiger partial charge in [0.15, 0.2) is 10.9 Å². The Kier molecular flexibility index (Phi) is 5.42. The lowest BCUT2D eigenvalue weighted by Crippen LogP contribution is -2.39. The van der Waals surface area contributed by atoms with Crippen molar-refractivity contribution in [1.82, 2.24) is 20.1 Å². The second-order valence-electron chi connectivity index (χ2n) is 6.06. The summed E-state index contributed by atoms with van der Waals surface area (Å²) in [5.74, 6) is 0.872. The quantitative estimate of drug-likeness (QED) is 0.789. The molecule has 134 valence electrons. The number of urea groups is 1. The highest BCUT2D eigenvalue weighted by molar-refractivity contribution is 8.00. The van der Waals surface area contributed by atoms with Crippen LogP contribution in [0.1, 0.15) is 45.1 Å². The lowest BCUT2D eigenvalue weighted by atomic mass is 9.95. The molecule has 3 N–H and O–H groups in total. The Morgan fingerprint density at radius 2 is 2.12 bits per heavy atom. The summed E-state index contributed by atoms with van der Waals surface area (Å²) in [6.07, 6.45) is 7.23. The zero-order valence-electron chi connectivity index (χ0n) is 14.0. The molecule has 1 saturated carbocycles. The lowest BCUT2D eigenvalue weighted by Gasteiger charge is -2.25. The molecule has 3 rings (SSSR count). The van der Waals surface area contributed by atoms with Crippen molar-refractivity contribution in [2.24, 2.45) is 5.73 Å². The average molecular weight is 363 g/mol. The number of carbonyl (C=O) groups is 2. The van der Waals surface area contributed by atoms with Crippen molar-refractivity contribution >= 4 is 23.7 Å². The lowest BCUT2D eigenvalue weighted by molar-refractivity contribution is -0.119. The number of furan rings is 1. The summed E-state index contributed by atoms with van der Waals surface area (Å²) in [6, 6.07) is 3.08. The van der Waals surface area contributed by atoms with Gasteiger partial charge in [0.1, 0.15) is 0 Å². The van der Waals surface area contributed by atoms with E-state index >= 15 is 0 Å². The van der Waals surface area contributed by atoms with Crippen LogP contribution in [0.4, 0.5) is 4.79 Å². The Labute approximate surface area is 149 Å². The van der Waals surface area contributed by atoms with Crippen molar-refractivity contribution < 1.29 is 14.0 Å². The fraction of sp³-hybridized carbons (Fsp3) is 0.500. The number of imide groups is 1. The Balaban J connectivity index is 1.88. The van der Waals surface area contributed by atoms with Gasteiger partial charge in [-0.3, -0.25) is 14.7 Å². The van der Waals surface area contributed by atoms with Gasteiger partial charge in [-0.15, -0.1) is 10.2 Å². The normalized spacial score (nSPS) is 16.5. The standard InChI is InChI=1S/C16H21N5O3S/c1-10(14(22)18-15(17)23)25-16-20-19-13(12-8-5-9-24-12)21(16)11-6-3-2-4-7-11/h5,8-11H,2-4,6-7H2,1H3,(H3,17,18,22,23)/t10-/m0/s1. The third kappa shape index (κ3) is 4.04. The second-order valence-corrected chi connectivity index (χ2v) is 7.37. The third-order valence-electron chi connectivity index (χ3n) is 4.24. The van der Waals surface area contributed by atoms with E-state index in [0.717, 1.165) is 25.7 Å². The summed E-state index contributed by atoms with van der Waals surface area (Å²) in [4.78, 5) is 22.8. The Bertz CT molecular complexity index is 737. The highest BCUT2D eigenvalue weighted by Crippen LogP contribution is 2.36. The van der Waals surface area contributed by atoms with E-state index in [4.69, 9.17) is 10.2 Å². The van der Waals surface area contributed by atoms with Crippen LogP contribution in [0.2, 0.25) is 0 Å². The molecule has 0 aliphatic heterocycles. The van der Waals surface area contributed by atoms with Crippen molar-refractivity contribution in [1.29, 1.82) is 0 Å². The van der Waals surface area contributed by atoms with E-state index in [-0.39, 0.29) is 6.04 Å². The number of rotatable bonds is 5. The van der Waals surface area contributed by atoms with Gasteiger partial charge in [-0.25, -0.2) is 4.79 Å². The highest BCUT2D eigenvalue weighted by atomic mass is 32.2. The summed E-state index contributed by atoms with van der Waals surface area (Å²) >= 11 is 1.26. The van der Waals surface area contributed by atoms with Crippen LogP contribution in [0.15, 0.2) is 28.0 Å². The molecule has 1 fully saturated rings. The number of nitrogens with zero attached hydrogens (tertiary/aromatic N) is 3. The number of primary amides is 1. The van der Waals surface area contributed by atoms with E-state index in [0.29, 0.717) is 16.7 Å². The SMILES string of the molecule is C[C@H](Sc1nnc(-c2ccco2)n1C1CCCCC1)C(=O)NC(N)=O. The minimum absolute atomic E-state index is 0.276. The maximum atomic E-state index is 12.0. The number of carbonyl (C=O) groups excluding carboxylic acids is 2. The zero-order valence-corrected chi connectivity index (χ0v) is 14.8. The summed E-state index contributed by atoms with van der Waals surface area (Å²) in [7, 11) is 0. The van der Waals surface area contributed by atoms with Crippen LogP contribution in [0.3, 0.4) is 0 Å². The molecule has 0 spiro atoms. The van der Waals surface area contributed by atoms with Crippen LogP contribution in [0.5, 0.6) is 0 Å². The second kappa shape index (κ2) is 7.73. The van der Waals surface area contributed by atoms with E-state index in [2.05, 4.69) is 20.1 Å². The van der Waals surface area contributed by atoms with Gasteiger partial charge in [0, 0.05) is 6.04 Å². The molecule has 1 aliphatic carbocycles. The van der Waals surface area contributed by atoms with E-state index in [1.54, 1.807) is 13.2 Å². The maximum Gasteiger partial charge on any atom is 0.318 e. The molecule has 1 aliphatic rings. The van der Waals surface area contributed by atoms with Crippen LogP contribution >= 0.6 is 11.8 Å². The molecule has 2 aromatic heterocycles. The molecule has 0 bridgehead atoms. The summed E-state index contributed by atoms with van der Waals surface area (Å²) < 4.78 is 7.56. The molecule has 25 heavy (non-hydrogen) atoms. The van der Waals surface area contributed by atoms with Gasteiger partial charge in [-0.2, -0.15) is 0 Å². The smallest absolute Gasteiger partial charge is 0.318 e. The molecule has 2 heterocycles. The molecule has 0 radical (unpaired) electrons. The number of amides is 3. The molecular weight excluding hydrogens is 342 g/mol. The van der Waals surface area contributed by atoms with Gasteiger partial charge in [-0.1, -0.05) is 31.0 Å². The van der Waals surface area contributed by atoms with E-state index in [1.165, 1.54) is 18.2 Å². The van der Waals surface area contributed by atoms with E-state index in [9.17, 15) is 9.59 Å². The largest absolute Gasteiger partial charge is 0.461 e. The first-order chi connectivity index (χ1) is 12.1. The van der Waals surface area contributed by atoms with E-state index in [1.807, 2.05) is 12.1 Å². The minimum Gasteiger partial charge on any atom is -0.461 e. The summed E-state index contributed by atoms with van der Waals surface area (Å²) in [6.45, 7) is 1.70. The van der Waals surface area contributed by atoms with Crippen molar-refractivity contribution in [3.05, 3.63) is 18.4 Å². The first-order valence-electron chi connectivity index (χ1n) is 8.32. The Hall–Kier alpha value is -2.29. The van der Waals surface area contributed by atoms with Gasteiger partial charge >= 0.3 is 6.03 Å². The van der Waals surface area contributed by atoms with Crippen LogP contribution in [0.25, 0.3) is 11.6 Å². The topological polar surface area (TPSA) is 116 Å². The number of aromatic nitrogens is 3. The van der Waals surface area contributed by atoms with Crippen LogP contribution in [-0.4, -0.2) is 32.0 Å². The number of nitrogens with two attached hydrogens (primary N) is 1.